The lowest BCUT2D eigenvalue weighted by molar-refractivity contribution is -0.0683. The summed E-state index contributed by atoms with van der Waals surface area (Å²) in [6.07, 6.45) is 2.65. The lowest BCUT2D eigenvalue weighted by Gasteiger charge is -2.36. The molecule has 110 valence electrons. The van der Waals surface area contributed by atoms with Crippen LogP contribution in [0, 0.1) is 5.92 Å². The predicted molar refractivity (Wildman–Crippen MR) is 72.3 cm³/mol. The zero-order valence-electron chi connectivity index (χ0n) is 11.9. The van der Waals surface area contributed by atoms with Crippen molar-refractivity contribution in [2.45, 2.75) is 38.5 Å². The first kappa shape index (κ1) is 13.6. The third-order valence-corrected chi connectivity index (χ3v) is 4.19. The zero-order chi connectivity index (χ0) is 14.1. The number of amides is 1. The zero-order valence-corrected chi connectivity index (χ0v) is 11.9. The van der Waals surface area contributed by atoms with E-state index in [1.54, 1.807) is 6.07 Å². The van der Waals surface area contributed by atoms with Gasteiger partial charge in [-0.05, 0) is 12.3 Å². The molecule has 1 aromatic heterocycles. The van der Waals surface area contributed by atoms with Crippen LogP contribution in [0.15, 0.2) is 16.9 Å². The van der Waals surface area contributed by atoms with Gasteiger partial charge in [-0.15, -0.1) is 0 Å². The molecule has 3 heterocycles. The van der Waals surface area contributed by atoms with Crippen LogP contribution in [0.3, 0.4) is 0 Å². The molecule has 0 spiro atoms. The highest BCUT2D eigenvalue weighted by molar-refractivity contribution is 5.92. The molecular formula is C14H21N3O3. The van der Waals surface area contributed by atoms with Crippen molar-refractivity contribution in [1.82, 2.24) is 15.4 Å². The topological polar surface area (TPSA) is 67.6 Å². The molecule has 1 aromatic rings. The third kappa shape index (κ3) is 2.71. The number of hydrogen-bond donors (Lipinski definition) is 1. The Hall–Kier alpha value is -1.40. The Morgan fingerprint density at radius 1 is 1.50 bits per heavy atom. The molecule has 1 amide bonds. The summed E-state index contributed by atoms with van der Waals surface area (Å²) in [4.78, 5) is 14.4. The third-order valence-electron chi connectivity index (χ3n) is 4.19. The van der Waals surface area contributed by atoms with Crippen LogP contribution in [0.2, 0.25) is 0 Å². The molecule has 2 fully saturated rings. The van der Waals surface area contributed by atoms with Crippen LogP contribution in [0.1, 0.15) is 30.8 Å². The van der Waals surface area contributed by atoms with E-state index in [9.17, 15) is 4.79 Å². The normalized spacial score (nSPS) is 30.4. The maximum atomic E-state index is 12.0. The largest absolute Gasteiger partial charge is 0.375 e. The van der Waals surface area contributed by atoms with Crippen LogP contribution in [-0.2, 0) is 4.74 Å². The number of nitrogens with one attached hydrogen (secondary N) is 1. The van der Waals surface area contributed by atoms with Gasteiger partial charge in [0.05, 0.1) is 12.7 Å². The van der Waals surface area contributed by atoms with Gasteiger partial charge in [0.15, 0.2) is 5.69 Å². The van der Waals surface area contributed by atoms with Gasteiger partial charge in [-0.2, -0.15) is 0 Å². The molecule has 6 heteroatoms. The molecule has 1 N–H and O–H groups in total. The summed E-state index contributed by atoms with van der Waals surface area (Å²) in [7, 11) is 0. The minimum atomic E-state index is -0.162. The molecule has 3 rings (SSSR count). The van der Waals surface area contributed by atoms with Gasteiger partial charge in [-0.25, -0.2) is 0 Å². The van der Waals surface area contributed by atoms with Gasteiger partial charge < -0.3 is 14.6 Å². The van der Waals surface area contributed by atoms with E-state index in [1.807, 2.05) is 0 Å². The highest BCUT2D eigenvalue weighted by Gasteiger charge is 2.38. The summed E-state index contributed by atoms with van der Waals surface area (Å²) >= 11 is 0. The van der Waals surface area contributed by atoms with Gasteiger partial charge in [-0.1, -0.05) is 19.0 Å². The van der Waals surface area contributed by atoms with Gasteiger partial charge >= 0.3 is 0 Å². The predicted octanol–water partition coefficient (Wildman–Crippen LogP) is 0.902. The first-order valence-electron chi connectivity index (χ1n) is 7.20. The first-order valence-corrected chi connectivity index (χ1v) is 7.20. The molecule has 0 aromatic carbocycles. The molecule has 2 aliphatic rings. The molecular weight excluding hydrogens is 258 g/mol. The number of aromatic nitrogens is 1. The highest BCUT2D eigenvalue weighted by Crippen LogP contribution is 2.25. The van der Waals surface area contributed by atoms with Crippen LogP contribution < -0.4 is 5.32 Å². The molecule has 0 aliphatic carbocycles. The molecule has 20 heavy (non-hydrogen) atoms. The average Bonchev–Trinajstić information content (AvgIpc) is 3.06. The highest BCUT2D eigenvalue weighted by atomic mass is 16.5. The molecule has 0 unspecified atom stereocenters. The Morgan fingerprint density at radius 2 is 2.35 bits per heavy atom. The fourth-order valence-electron chi connectivity index (χ4n) is 3.00. The summed E-state index contributed by atoms with van der Waals surface area (Å²) in [6, 6.07) is 2.17. The first-order chi connectivity index (χ1) is 9.63. The molecule has 0 radical (unpaired) electrons. The summed E-state index contributed by atoms with van der Waals surface area (Å²) < 4.78 is 10.6. The van der Waals surface area contributed by atoms with Crippen molar-refractivity contribution < 1.29 is 14.1 Å². The minimum absolute atomic E-state index is 0.162. The van der Waals surface area contributed by atoms with Crippen molar-refractivity contribution >= 4 is 5.91 Å². The Bertz CT molecular complexity index is 460. The SMILES string of the molecule is CC(C)[C@H]1CN2C[C@@H](NC(=O)c3ccon3)C[C@H]2CO1. The van der Waals surface area contributed by atoms with Crippen LogP contribution in [-0.4, -0.2) is 53.8 Å². The van der Waals surface area contributed by atoms with E-state index in [-0.39, 0.29) is 11.9 Å². The summed E-state index contributed by atoms with van der Waals surface area (Å²) in [5.74, 6) is 0.365. The van der Waals surface area contributed by atoms with Crippen LogP contribution in [0.5, 0.6) is 0 Å². The van der Waals surface area contributed by atoms with E-state index in [1.165, 1.54) is 6.26 Å². The van der Waals surface area contributed by atoms with Crippen molar-refractivity contribution in [3.05, 3.63) is 18.0 Å². The van der Waals surface area contributed by atoms with E-state index in [2.05, 4.69) is 29.2 Å². The maximum Gasteiger partial charge on any atom is 0.273 e. The van der Waals surface area contributed by atoms with Gasteiger partial charge in [-0.3, -0.25) is 9.69 Å². The van der Waals surface area contributed by atoms with Gasteiger partial charge in [0.2, 0.25) is 0 Å². The Balaban J connectivity index is 1.56. The Labute approximate surface area is 118 Å². The van der Waals surface area contributed by atoms with Gasteiger partial charge in [0.25, 0.3) is 5.91 Å². The number of carbonyl (C=O) groups excluding carboxylic acids is 1. The minimum Gasteiger partial charge on any atom is -0.375 e. The van der Waals surface area contributed by atoms with Gasteiger partial charge in [0, 0.05) is 31.2 Å². The Morgan fingerprint density at radius 3 is 3.05 bits per heavy atom. The van der Waals surface area contributed by atoms with Gasteiger partial charge in [0.1, 0.15) is 6.26 Å². The van der Waals surface area contributed by atoms with E-state index in [4.69, 9.17) is 9.26 Å². The maximum absolute atomic E-state index is 12.0. The second kappa shape index (κ2) is 5.54. The second-order valence-electron chi connectivity index (χ2n) is 6.01. The Kier molecular flexibility index (Phi) is 3.76. The lowest BCUT2D eigenvalue weighted by Crippen LogP contribution is -2.48. The summed E-state index contributed by atoms with van der Waals surface area (Å²) in [5, 5.41) is 6.68. The number of hydrogen-bond acceptors (Lipinski definition) is 5. The smallest absolute Gasteiger partial charge is 0.273 e. The van der Waals surface area contributed by atoms with Crippen molar-refractivity contribution in [2.24, 2.45) is 5.92 Å². The number of carbonyl (C=O) groups is 1. The number of morpholine rings is 1. The lowest BCUT2D eigenvalue weighted by atomic mass is 10.0. The average molecular weight is 279 g/mol. The van der Waals surface area contributed by atoms with Crippen molar-refractivity contribution in [3.63, 3.8) is 0 Å². The van der Waals surface area contributed by atoms with Crippen LogP contribution >= 0.6 is 0 Å². The fraction of sp³-hybridized carbons (Fsp3) is 0.714. The number of nitrogens with zero attached hydrogens (tertiary/aromatic N) is 2. The van der Waals surface area contributed by atoms with Crippen molar-refractivity contribution in [1.29, 1.82) is 0 Å². The molecule has 0 bridgehead atoms. The summed E-state index contributed by atoms with van der Waals surface area (Å²) in [5.41, 5.74) is 0.339. The number of ether oxygens (including phenoxy) is 1. The van der Waals surface area contributed by atoms with Crippen molar-refractivity contribution in [2.75, 3.05) is 19.7 Å². The molecule has 0 saturated carbocycles. The van der Waals surface area contributed by atoms with Crippen LogP contribution in [0.25, 0.3) is 0 Å². The second-order valence-corrected chi connectivity index (χ2v) is 6.01. The quantitative estimate of drug-likeness (QED) is 0.890. The summed E-state index contributed by atoms with van der Waals surface area (Å²) in [6.45, 7) is 6.98. The number of fused-ring (bicyclic) bond motifs is 1. The van der Waals surface area contributed by atoms with Crippen molar-refractivity contribution in [3.8, 4) is 0 Å². The monoisotopic (exact) mass is 279 g/mol. The van der Waals surface area contributed by atoms with E-state index >= 15 is 0 Å². The standard InChI is InChI=1S/C14H21N3O3/c1-9(2)13-7-17-6-10(5-11(17)8-19-13)15-14(18)12-3-4-20-16-12/h3-4,9-11,13H,5-8H2,1-2H3,(H,15,18)/t10-,11-,13+/m0/s1. The van der Waals surface area contributed by atoms with E-state index < -0.39 is 0 Å². The van der Waals surface area contributed by atoms with E-state index in [0.29, 0.717) is 23.8 Å². The molecule has 3 atom stereocenters. The fourth-order valence-corrected chi connectivity index (χ4v) is 3.00. The molecule has 2 aliphatic heterocycles. The molecule has 2 saturated heterocycles. The van der Waals surface area contributed by atoms with E-state index in [0.717, 1.165) is 26.1 Å². The van der Waals surface area contributed by atoms with Crippen LogP contribution in [0.4, 0.5) is 0 Å². The molecule has 6 nitrogen and oxygen atoms in total. The number of rotatable bonds is 3.